The molecule has 16 heavy (non-hydrogen) atoms. The number of carboxylic acid groups (broad SMARTS) is 1. The van der Waals surface area contributed by atoms with Gasteiger partial charge in [0.25, 0.3) is 0 Å². The second kappa shape index (κ2) is 6.53. The molecular formula is C11H8Cl2O2S. The first-order valence-electron chi connectivity index (χ1n) is 4.28. The molecule has 0 spiro atoms. The summed E-state index contributed by atoms with van der Waals surface area (Å²) in [5.74, 6) is -0.847. The molecule has 5 heteroatoms. The summed E-state index contributed by atoms with van der Waals surface area (Å²) < 4.78 is 0. The average Bonchev–Trinajstić information content (AvgIpc) is 2.77. The smallest absolute Gasteiger partial charge is 0.345 e. The van der Waals surface area contributed by atoms with Gasteiger partial charge in [-0.3, -0.25) is 0 Å². The van der Waals surface area contributed by atoms with Gasteiger partial charge in [0.2, 0.25) is 0 Å². The maximum atomic E-state index is 10.1. The van der Waals surface area contributed by atoms with Crippen LogP contribution in [-0.2, 0) is 0 Å². The molecule has 0 saturated heterocycles. The Labute approximate surface area is 107 Å². The van der Waals surface area contributed by atoms with Crippen molar-refractivity contribution in [2.45, 2.75) is 0 Å². The van der Waals surface area contributed by atoms with E-state index >= 15 is 0 Å². The Hall–Kier alpha value is -1.03. The zero-order valence-electron chi connectivity index (χ0n) is 8.06. The van der Waals surface area contributed by atoms with E-state index < -0.39 is 5.97 Å². The van der Waals surface area contributed by atoms with E-state index in [1.807, 2.05) is 12.1 Å². The first kappa shape index (κ1) is 13.0. The molecule has 0 saturated carbocycles. The standard InChI is InChI=1S/C6H4Cl2.C5H4O2S/c7-5-3-1-2-4-6(5)8;6-5(7)4-2-1-3-8-4/h1-4H;1-3H,(H,6,7). The fourth-order valence-electron chi connectivity index (χ4n) is 0.840. The lowest BCUT2D eigenvalue weighted by Crippen LogP contribution is -1.89. The van der Waals surface area contributed by atoms with Crippen molar-refractivity contribution in [1.29, 1.82) is 0 Å². The van der Waals surface area contributed by atoms with E-state index in [1.54, 1.807) is 29.6 Å². The van der Waals surface area contributed by atoms with Crippen molar-refractivity contribution >= 4 is 40.5 Å². The van der Waals surface area contributed by atoms with Gasteiger partial charge in [0, 0.05) is 0 Å². The van der Waals surface area contributed by atoms with E-state index in [-0.39, 0.29) is 0 Å². The topological polar surface area (TPSA) is 37.3 Å². The molecular weight excluding hydrogens is 267 g/mol. The molecule has 0 aliphatic rings. The van der Waals surface area contributed by atoms with Crippen LogP contribution in [0.2, 0.25) is 10.0 Å². The van der Waals surface area contributed by atoms with E-state index in [9.17, 15) is 4.79 Å². The minimum atomic E-state index is -0.847. The highest BCUT2D eigenvalue weighted by atomic mass is 35.5. The molecule has 1 heterocycles. The zero-order chi connectivity index (χ0) is 12.0. The van der Waals surface area contributed by atoms with Gasteiger partial charge in [-0.1, -0.05) is 41.4 Å². The number of benzene rings is 1. The molecule has 0 aliphatic carbocycles. The summed E-state index contributed by atoms with van der Waals surface area (Å²) in [5, 5.41) is 11.2. The van der Waals surface area contributed by atoms with Gasteiger partial charge in [-0.05, 0) is 23.6 Å². The minimum absolute atomic E-state index is 0.394. The largest absolute Gasteiger partial charge is 0.477 e. The van der Waals surface area contributed by atoms with Crippen molar-refractivity contribution in [3.05, 3.63) is 56.7 Å². The van der Waals surface area contributed by atoms with Crippen LogP contribution in [0.3, 0.4) is 0 Å². The quantitative estimate of drug-likeness (QED) is 0.835. The highest BCUT2D eigenvalue weighted by Gasteiger charge is 1.99. The fraction of sp³-hybridized carbons (Fsp3) is 0. The number of halogens is 2. The number of thiophene rings is 1. The van der Waals surface area contributed by atoms with Gasteiger partial charge in [-0.25, -0.2) is 4.79 Å². The lowest BCUT2D eigenvalue weighted by atomic mass is 10.4. The van der Waals surface area contributed by atoms with Crippen LogP contribution in [0.4, 0.5) is 0 Å². The Morgan fingerprint density at radius 3 is 1.88 bits per heavy atom. The van der Waals surface area contributed by atoms with E-state index in [0.29, 0.717) is 14.9 Å². The van der Waals surface area contributed by atoms with Crippen molar-refractivity contribution in [2.24, 2.45) is 0 Å². The van der Waals surface area contributed by atoms with Crippen molar-refractivity contribution < 1.29 is 9.90 Å². The van der Waals surface area contributed by atoms with Gasteiger partial charge in [-0.15, -0.1) is 11.3 Å². The van der Waals surface area contributed by atoms with Crippen LogP contribution in [0.5, 0.6) is 0 Å². The van der Waals surface area contributed by atoms with Crippen molar-refractivity contribution in [3.8, 4) is 0 Å². The van der Waals surface area contributed by atoms with E-state index in [2.05, 4.69) is 0 Å². The third kappa shape index (κ3) is 4.23. The Kier molecular flexibility index (Phi) is 5.32. The molecule has 1 N–H and O–H groups in total. The summed E-state index contributed by atoms with van der Waals surface area (Å²) in [7, 11) is 0. The van der Waals surface area contributed by atoms with Crippen LogP contribution < -0.4 is 0 Å². The van der Waals surface area contributed by atoms with E-state index in [4.69, 9.17) is 28.3 Å². The molecule has 0 atom stereocenters. The first-order chi connectivity index (χ1) is 7.61. The summed E-state index contributed by atoms with van der Waals surface area (Å²) >= 11 is 12.4. The summed E-state index contributed by atoms with van der Waals surface area (Å²) in [6, 6.07) is 10.5. The van der Waals surface area contributed by atoms with Crippen molar-refractivity contribution in [3.63, 3.8) is 0 Å². The maximum Gasteiger partial charge on any atom is 0.345 e. The number of hydrogen-bond donors (Lipinski definition) is 1. The Bertz CT molecular complexity index is 434. The van der Waals surface area contributed by atoms with Crippen LogP contribution >= 0.6 is 34.5 Å². The summed E-state index contributed by atoms with van der Waals surface area (Å²) in [6.07, 6.45) is 0. The number of aromatic carboxylic acids is 1. The monoisotopic (exact) mass is 274 g/mol. The molecule has 0 aliphatic heterocycles. The lowest BCUT2D eigenvalue weighted by molar-refractivity contribution is 0.0702. The number of carboxylic acids is 1. The minimum Gasteiger partial charge on any atom is -0.477 e. The second-order valence-electron chi connectivity index (χ2n) is 2.70. The molecule has 0 radical (unpaired) electrons. The fourth-order valence-corrected chi connectivity index (χ4v) is 1.67. The summed E-state index contributed by atoms with van der Waals surface area (Å²) in [4.78, 5) is 10.5. The molecule has 0 bridgehead atoms. The maximum absolute atomic E-state index is 10.1. The van der Waals surface area contributed by atoms with Crippen LogP contribution in [0.25, 0.3) is 0 Å². The van der Waals surface area contributed by atoms with Gasteiger partial charge >= 0.3 is 5.97 Å². The zero-order valence-corrected chi connectivity index (χ0v) is 10.4. The SMILES string of the molecule is Clc1ccccc1Cl.O=C(O)c1cccs1. The summed E-state index contributed by atoms with van der Waals surface area (Å²) in [6.45, 7) is 0. The van der Waals surface area contributed by atoms with Crippen molar-refractivity contribution in [2.75, 3.05) is 0 Å². The lowest BCUT2D eigenvalue weighted by Gasteiger charge is -1.88. The second-order valence-corrected chi connectivity index (χ2v) is 4.46. The van der Waals surface area contributed by atoms with Gasteiger partial charge in [0.15, 0.2) is 0 Å². The van der Waals surface area contributed by atoms with E-state index in [1.165, 1.54) is 11.3 Å². The Balaban J connectivity index is 0.000000160. The molecule has 2 nitrogen and oxygen atoms in total. The average molecular weight is 275 g/mol. The van der Waals surface area contributed by atoms with E-state index in [0.717, 1.165) is 0 Å². The molecule has 2 aromatic rings. The summed E-state index contributed by atoms with van der Waals surface area (Å²) in [5.41, 5.74) is 0. The van der Waals surface area contributed by atoms with Gasteiger partial charge in [0.05, 0.1) is 10.0 Å². The highest BCUT2D eigenvalue weighted by molar-refractivity contribution is 7.11. The Morgan fingerprint density at radius 2 is 1.62 bits per heavy atom. The van der Waals surface area contributed by atoms with Crippen molar-refractivity contribution in [1.82, 2.24) is 0 Å². The molecule has 0 unspecified atom stereocenters. The molecule has 2 rings (SSSR count). The number of rotatable bonds is 1. The third-order valence-electron chi connectivity index (χ3n) is 1.56. The van der Waals surface area contributed by atoms with Gasteiger partial charge in [-0.2, -0.15) is 0 Å². The normalized spacial score (nSPS) is 9.12. The first-order valence-corrected chi connectivity index (χ1v) is 5.91. The molecule has 0 fully saturated rings. The number of hydrogen-bond acceptors (Lipinski definition) is 2. The van der Waals surface area contributed by atoms with Gasteiger partial charge < -0.3 is 5.11 Å². The molecule has 1 aromatic heterocycles. The predicted octanol–water partition coefficient (Wildman–Crippen LogP) is 4.44. The third-order valence-corrected chi connectivity index (χ3v) is 3.17. The number of carbonyl (C=O) groups is 1. The highest BCUT2D eigenvalue weighted by Crippen LogP contribution is 2.19. The van der Waals surface area contributed by atoms with Crippen LogP contribution in [0.1, 0.15) is 9.67 Å². The molecule has 1 aromatic carbocycles. The van der Waals surface area contributed by atoms with Crippen LogP contribution in [0, 0.1) is 0 Å². The molecule has 0 amide bonds. The predicted molar refractivity (Wildman–Crippen MR) is 67.7 cm³/mol. The van der Waals surface area contributed by atoms with Crippen LogP contribution in [0.15, 0.2) is 41.8 Å². The Morgan fingerprint density at radius 1 is 1.06 bits per heavy atom. The van der Waals surface area contributed by atoms with Crippen LogP contribution in [-0.4, -0.2) is 11.1 Å². The molecule has 84 valence electrons. The van der Waals surface area contributed by atoms with Gasteiger partial charge in [0.1, 0.15) is 4.88 Å².